The highest BCUT2D eigenvalue weighted by Gasteiger charge is 2.31. The smallest absolute Gasteiger partial charge is 0.311 e. The predicted octanol–water partition coefficient (Wildman–Crippen LogP) is 1.48. The van der Waals surface area contributed by atoms with Crippen LogP contribution in [-0.4, -0.2) is 17.0 Å². The predicted molar refractivity (Wildman–Crippen MR) is 50.0 cm³/mol. The first-order chi connectivity index (χ1) is 7.49. The number of benzene rings is 1. The Bertz CT molecular complexity index is 487. The molecule has 4 nitrogen and oxygen atoms in total. The average Bonchev–Trinajstić information content (AvgIpc) is 2.19. The first-order valence-corrected chi connectivity index (χ1v) is 4.50. The molecule has 0 unspecified atom stereocenters. The van der Waals surface area contributed by atoms with Gasteiger partial charge in [-0.15, -0.1) is 0 Å². The molecule has 0 saturated heterocycles. The summed E-state index contributed by atoms with van der Waals surface area (Å²) in [5.74, 6) is -5.13. The zero-order chi connectivity index (χ0) is 11.9. The number of hydrogen-bond acceptors (Lipinski definition) is 2. The molecule has 2 rings (SSSR count). The third kappa shape index (κ3) is 1.62. The Labute approximate surface area is 88.9 Å². The van der Waals surface area contributed by atoms with E-state index in [-0.39, 0.29) is 17.7 Å². The van der Waals surface area contributed by atoms with Gasteiger partial charge in [0.25, 0.3) is 0 Å². The summed E-state index contributed by atoms with van der Waals surface area (Å²) in [6.07, 6.45) is -0.270. The Kier molecular flexibility index (Phi) is 2.34. The fourth-order valence-electron chi connectivity index (χ4n) is 1.68. The van der Waals surface area contributed by atoms with Gasteiger partial charge in [0.1, 0.15) is 0 Å². The standard InChI is InChI=1S/C10H7F2NO3/c11-6-1-4-5(10(15)16)2-9(14)13-8(4)3-7(6)12/h1,3,5H,2H2,(H,13,14)(H,15,16)/t5-/m0/s1. The second-order valence-electron chi connectivity index (χ2n) is 3.50. The van der Waals surface area contributed by atoms with E-state index in [4.69, 9.17) is 5.11 Å². The molecule has 1 heterocycles. The van der Waals surface area contributed by atoms with Gasteiger partial charge in [0, 0.05) is 18.2 Å². The van der Waals surface area contributed by atoms with Crippen molar-refractivity contribution in [3.8, 4) is 0 Å². The number of carboxylic acid groups (broad SMARTS) is 1. The number of carbonyl (C=O) groups excluding carboxylic acids is 1. The largest absolute Gasteiger partial charge is 0.481 e. The van der Waals surface area contributed by atoms with Gasteiger partial charge in [0.2, 0.25) is 5.91 Å². The van der Waals surface area contributed by atoms with Crippen LogP contribution in [-0.2, 0) is 9.59 Å². The van der Waals surface area contributed by atoms with E-state index >= 15 is 0 Å². The number of aliphatic carboxylic acids is 1. The van der Waals surface area contributed by atoms with E-state index in [0.29, 0.717) is 0 Å². The van der Waals surface area contributed by atoms with Crippen LogP contribution in [0.15, 0.2) is 12.1 Å². The third-order valence-electron chi connectivity index (χ3n) is 2.43. The van der Waals surface area contributed by atoms with E-state index in [1.807, 2.05) is 0 Å². The van der Waals surface area contributed by atoms with Gasteiger partial charge in [0.05, 0.1) is 5.92 Å². The Morgan fingerprint density at radius 3 is 2.62 bits per heavy atom. The number of hydrogen-bond donors (Lipinski definition) is 2. The maximum atomic E-state index is 13.0. The second-order valence-corrected chi connectivity index (χ2v) is 3.50. The zero-order valence-corrected chi connectivity index (χ0v) is 7.96. The van der Waals surface area contributed by atoms with Crippen LogP contribution in [0.25, 0.3) is 0 Å². The molecular weight excluding hydrogens is 220 g/mol. The van der Waals surface area contributed by atoms with Gasteiger partial charge in [-0.2, -0.15) is 0 Å². The summed E-state index contributed by atoms with van der Waals surface area (Å²) in [6.45, 7) is 0. The van der Waals surface area contributed by atoms with Gasteiger partial charge >= 0.3 is 5.97 Å². The van der Waals surface area contributed by atoms with Crippen LogP contribution in [0.2, 0.25) is 0 Å². The molecule has 1 atom stereocenters. The molecule has 0 bridgehead atoms. The molecule has 1 amide bonds. The first kappa shape index (κ1) is 10.5. The van der Waals surface area contributed by atoms with Gasteiger partial charge in [0.15, 0.2) is 11.6 Å². The summed E-state index contributed by atoms with van der Waals surface area (Å²) < 4.78 is 25.8. The number of carbonyl (C=O) groups is 2. The minimum Gasteiger partial charge on any atom is -0.481 e. The Balaban J connectivity index is 2.57. The maximum Gasteiger partial charge on any atom is 0.311 e. The molecular formula is C10H7F2NO3. The molecule has 0 fully saturated rings. The average molecular weight is 227 g/mol. The summed E-state index contributed by atoms with van der Waals surface area (Å²) in [6, 6.07) is 1.60. The minimum atomic E-state index is -1.23. The molecule has 16 heavy (non-hydrogen) atoms. The molecule has 1 aliphatic rings. The molecule has 1 aliphatic heterocycles. The zero-order valence-electron chi connectivity index (χ0n) is 7.96. The minimum absolute atomic E-state index is 0.0163. The molecule has 0 spiro atoms. The van der Waals surface area contributed by atoms with E-state index in [2.05, 4.69) is 5.32 Å². The first-order valence-electron chi connectivity index (χ1n) is 4.50. The fraction of sp³-hybridized carbons (Fsp3) is 0.200. The van der Waals surface area contributed by atoms with E-state index in [9.17, 15) is 18.4 Å². The van der Waals surface area contributed by atoms with Crippen molar-refractivity contribution in [2.75, 3.05) is 5.32 Å². The number of carboxylic acids is 1. The van der Waals surface area contributed by atoms with Crippen molar-refractivity contribution in [1.29, 1.82) is 0 Å². The Morgan fingerprint density at radius 2 is 2.00 bits per heavy atom. The van der Waals surface area contributed by atoms with Crippen LogP contribution < -0.4 is 5.32 Å². The monoisotopic (exact) mass is 227 g/mol. The molecule has 84 valence electrons. The number of anilines is 1. The quantitative estimate of drug-likeness (QED) is 0.763. The van der Waals surface area contributed by atoms with Gasteiger partial charge in [-0.3, -0.25) is 9.59 Å². The van der Waals surface area contributed by atoms with Crippen LogP contribution in [0.3, 0.4) is 0 Å². The third-order valence-corrected chi connectivity index (χ3v) is 2.43. The van der Waals surface area contributed by atoms with E-state index in [1.165, 1.54) is 0 Å². The summed E-state index contributed by atoms with van der Waals surface area (Å²) in [5, 5.41) is 11.2. The van der Waals surface area contributed by atoms with Crippen molar-refractivity contribution in [3.63, 3.8) is 0 Å². The summed E-state index contributed by atoms with van der Waals surface area (Å²) in [5.41, 5.74) is 0.105. The molecule has 0 aromatic heterocycles. The second kappa shape index (κ2) is 3.55. The molecule has 0 saturated carbocycles. The topological polar surface area (TPSA) is 66.4 Å². The van der Waals surface area contributed by atoms with Gasteiger partial charge < -0.3 is 10.4 Å². The molecule has 0 aliphatic carbocycles. The lowest BCUT2D eigenvalue weighted by Crippen LogP contribution is -2.27. The van der Waals surface area contributed by atoms with Crippen LogP contribution in [0.5, 0.6) is 0 Å². The molecule has 6 heteroatoms. The normalized spacial score (nSPS) is 18.9. The van der Waals surface area contributed by atoms with Crippen molar-refractivity contribution >= 4 is 17.6 Å². The summed E-state index contributed by atoms with van der Waals surface area (Å²) >= 11 is 0. The van der Waals surface area contributed by atoms with Gasteiger partial charge in [-0.05, 0) is 11.6 Å². The van der Waals surface area contributed by atoms with Crippen molar-refractivity contribution in [2.45, 2.75) is 12.3 Å². The highest BCUT2D eigenvalue weighted by atomic mass is 19.2. The highest BCUT2D eigenvalue weighted by molar-refractivity contribution is 5.99. The molecule has 2 N–H and O–H groups in total. The fourth-order valence-corrected chi connectivity index (χ4v) is 1.68. The van der Waals surface area contributed by atoms with Crippen molar-refractivity contribution in [1.82, 2.24) is 0 Å². The maximum absolute atomic E-state index is 13.0. The molecule has 0 radical (unpaired) electrons. The molecule has 1 aromatic rings. The number of halogens is 2. The van der Waals surface area contributed by atoms with Gasteiger partial charge in [-0.1, -0.05) is 0 Å². The number of amides is 1. The van der Waals surface area contributed by atoms with Crippen LogP contribution >= 0.6 is 0 Å². The van der Waals surface area contributed by atoms with Crippen LogP contribution in [0.4, 0.5) is 14.5 Å². The van der Waals surface area contributed by atoms with Gasteiger partial charge in [-0.25, -0.2) is 8.78 Å². The highest BCUT2D eigenvalue weighted by Crippen LogP contribution is 2.33. The summed E-state index contributed by atoms with van der Waals surface area (Å²) in [4.78, 5) is 22.0. The van der Waals surface area contributed by atoms with Crippen molar-refractivity contribution in [3.05, 3.63) is 29.3 Å². The van der Waals surface area contributed by atoms with Crippen molar-refractivity contribution < 1.29 is 23.5 Å². The lowest BCUT2D eigenvalue weighted by atomic mass is 9.90. The van der Waals surface area contributed by atoms with Crippen LogP contribution in [0, 0.1) is 11.6 Å². The molecule has 1 aromatic carbocycles. The van der Waals surface area contributed by atoms with E-state index < -0.39 is 29.4 Å². The Hall–Kier alpha value is -1.98. The lowest BCUT2D eigenvalue weighted by Gasteiger charge is -2.22. The van der Waals surface area contributed by atoms with E-state index in [0.717, 1.165) is 12.1 Å². The SMILES string of the molecule is O=C1C[C@H](C(=O)O)c2cc(F)c(F)cc2N1. The number of fused-ring (bicyclic) bond motifs is 1. The van der Waals surface area contributed by atoms with Crippen LogP contribution in [0.1, 0.15) is 17.9 Å². The lowest BCUT2D eigenvalue weighted by molar-refractivity contribution is -0.140. The summed E-state index contributed by atoms with van der Waals surface area (Å²) in [7, 11) is 0. The van der Waals surface area contributed by atoms with Crippen molar-refractivity contribution in [2.24, 2.45) is 0 Å². The van der Waals surface area contributed by atoms with E-state index in [1.54, 1.807) is 0 Å². The number of rotatable bonds is 1. The Morgan fingerprint density at radius 1 is 1.38 bits per heavy atom. The number of nitrogens with one attached hydrogen (secondary N) is 1.